The molecule has 1 aliphatic rings. The number of halogens is 1. The van der Waals surface area contributed by atoms with E-state index in [9.17, 15) is 4.39 Å². The van der Waals surface area contributed by atoms with Gasteiger partial charge >= 0.3 is 0 Å². The molecule has 0 spiro atoms. The van der Waals surface area contributed by atoms with Crippen LogP contribution in [0, 0.1) is 12.7 Å². The Hall–Kier alpha value is -2.95. The van der Waals surface area contributed by atoms with Crippen LogP contribution in [-0.2, 0) is 6.54 Å². The summed E-state index contributed by atoms with van der Waals surface area (Å²) in [7, 11) is 0. The molecule has 24 heavy (non-hydrogen) atoms. The summed E-state index contributed by atoms with van der Waals surface area (Å²) in [5.41, 5.74) is 5.16. The molecular weight excluding hydrogens is 303 g/mol. The topological polar surface area (TPSA) is 41.1 Å². The van der Waals surface area contributed by atoms with E-state index >= 15 is 0 Å². The Bertz CT molecular complexity index is 894. The van der Waals surface area contributed by atoms with Crippen LogP contribution in [0.15, 0.2) is 55.0 Å². The summed E-state index contributed by atoms with van der Waals surface area (Å²) in [5.74, 6) is 0.616. The third kappa shape index (κ3) is 2.69. The van der Waals surface area contributed by atoms with Gasteiger partial charge in [0.05, 0.1) is 12.4 Å². The van der Waals surface area contributed by atoms with Crippen LogP contribution in [0.4, 0.5) is 15.9 Å². The highest BCUT2D eigenvalue weighted by atomic mass is 19.1. The lowest BCUT2D eigenvalue weighted by atomic mass is 10.1. The highest BCUT2D eigenvalue weighted by Gasteiger charge is 2.21. The lowest BCUT2D eigenvalue weighted by molar-refractivity contribution is 0.628. The molecular formula is C19H17FN4. The average Bonchev–Trinajstić information content (AvgIpc) is 2.99. The summed E-state index contributed by atoms with van der Waals surface area (Å²) in [6.45, 7) is 3.54. The van der Waals surface area contributed by atoms with Crippen molar-refractivity contribution in [1.82, 2.24) is 9.97 Å². The van der Waals surface area contributed by atoms with Crippen molar-refractivity contribution in [1.29, 1.82) is 0 Å². The van der Waals surface area contributed by atoms with Crippen LogP contribution < -0.4 is 10.2 Å². The Morgan fingerprint density at radius 3 is 2.92 bits per heavy atom. The predicted octanol–water partition coefficient (Wildman–Crippen LogP) is 3.98. The van der Waals surface area contributed by atoms with Crippen molar-refractivity contribution >= 4 is 11.5 Å². The van der Waals surface area contributed by atoms with Crippen molar-refractivity contribution in [3.05, 3.63) is 71.9 Å². The molecule has 0 saturated carbocycles. The molecule has 3 aromatic rings. The molecule has 4 rings (SSSR count). The largest absolute Gasteiger partial charge is 0.351 e. The van der Waals surface area contributed by atoms with Gasteiger partial charge in [0.15, 0.2) is 5.82 Å². The number of hydrogen-bond donors (Lipinski definition) is 1. The van der Waals surface area contributed by atoms with Gasteiger partial charge in [-0.05, 0) is 47.9 Å². The minimum atomic E-state index is -0.242. The zero-order valence-electron chi connectivity index (χ0n) is 13.3. The molecule has 1 N–H and O–H groups in total. The van der Waals surface area contributed by atoms with Gasteiger partial charge in [0.2, 0.25) is 0 Å². The molecule has 0 bridgehead atoms. The molecule has 0 radical (unpaired) electrons. The molecule has 0 aliphatic carbocycles. The van der Waals surface area contributed by atoms with Gasteiger partial charge in [-0.15, -0.1) is 0 Å². The fraction of sp³-hybridized carbons (Fsp3) is 0.158. The second-order valence-corrected chi connectivity index (χ2v) is 5.94. The number of pyridine rings is 2. The number of aromatic nitrogens is 2. The summed E-state index contributed by atoms with van der Waals surface area (Å²) in [6, 6.07) is 10.7. The molecule has 0 atom stereocenters. The van der Waals surface area contributed by atoms with E-state index in [0.717, 1.165) is 29.2 Å². The van der Waals surface area contributed by atoms with Crippen molar-refractivity contribution in [2.45, 2.75) is 13.5 Å². The molecule has 0 amide bonds. The number of nitrogens with one attached hydrogen (secondary N) is 1. The molecule has 0 saturated heterocycles. The zero-order chi connectivity index (χ0) is 16.5. The van der Waals surface area contributed by atoms with E-state index in [1.54, 1.807) is 18.5 Å². The monoisotopic (exact) mass is 320 g/mol. The highest BCUT2D eigenvalue weighted by molar-refractivity contribution is 5.77. The first kappa shape index (κ1) is 14.6. The third-order valence-electron chi connectivity index (χ3n) is 4.31. The lowest BCUT2D eigenvalue weighted by Gasteiger charge is -2.19. The molecule has 1 aliphatic heterocycles. The maximum absolute atomic E-state index is 13.5. The number of nitrogens with zero attached hydrogens (tertiary/aromatic N) is 3. The number of aryl methyl sites for hydroxylation is 1. The Balaban J connectivity index is 1.67. The zero-order valence-corrected chi connectivity index (χ0v) is 13.3. The Kier molecular flexibility index (Phi) is 3.61. The first-order chi connectivity index (χ1) is 11.7. The number of benzene rings is 1. The quantitative estimate of drug-likeness (QED) is 0.792. The van der Waals surface area contributed by atoms with E-state index in [1.807, 2.05) is 18.3 Å². The van der Waals surface area contributed by atoms with Crippen LogP contribution in [0.1, 0.15) is 11.1 Å². The highest BCUT2D eigenvalue weighted by Crippen LogP contribution is 2.34. The third-order valence-corrected chi connectivity index (χ3v) is 4.31. The molecule has 1 aromatic carbocycles. The molecule has 3 heterocycles. The summed E-state index contributed by atoms with van der Waals surface area (Å²) in [4.78, 5) is 10.9. The van der Waals surface area contributed by atoms with Crippen LogP contribution in [0.25, 0.3) is 11.1 Å². The van der Waals surface area contributed by atoms with Crippen LogP contribution in [-0.4, -0.2) is 16.6 Å². The molecule has 120 valence electrons. The SMILES string of the molecule is Cc1ccncc1CN1CNc2ncc(-c3cccc(F)c3)cc21. The van der Waals surface area contributed by atoms with E-state index in [1.165, 1.54) is 23.3 Å². The second kappa shape index (κ2) is 5.92. The van der Waals surface area contributed by atoms with Gasteiger partial charge in [0.1, 0.15) is 5.82 Å². The van der Waals surface area contributed by atoms with E-state index in [4.69, 9.17) is 0 Å². The Morgan fingerprint density at radius 2 is 2.08 bits per heavy atom. The average molecular weight is 320 g/mol. The Morgan fingerprint density at radius 1 is 1.17 bits per heavy atom. The van der Waals surface area contributed by atoms with Gasteiger partial charge in [-0.2, -0.15) is 0 Å². The van der Waals surface area contributed by atoms with Crippen molar-refractivity contribution in [2.75, 3.05) is 16.9 Å². The van der Waals surface area contributed by atoms with Crippen LogP contribution in [0.5, 0.6) is 0 Å². The summed E-state index contributed by atoms with van der Waals surface area (Å²) in [6.07, 6.45) is 5.48. The maximum atomic E-state index is 13.5. The van der Waals surface area contributed by atoms with Gasteiger partial charge in [-0.3, -0.25) is 4.98 Å². The number of anilines is 2. The first-order valence-electron chi connectivity index (χ1n) is 7.85. The standard InChI is InChI=1S/C19H17FN4/c1-13-5-6-21-9-16(13)11-24-12-23-19-18(24)8-15(10-22-19)14-3-2-4-17(20)7-14/h2-10H,11-12H2,1H3,(H,22,23). The van der Waals surface area contributed by atoms with E-state index < -0.39 is 0 Å². The van der Waals surface area contributed by atoms with Crippen LogP contribution in [0.3, 0.4) is 0 Å². The van der Waals surface area contributed by atoms with Crippen LogP contribution in [0.2, 0.25) is 0 Å². The summed E-state index contributed by atoms with van der Waals surface area (Å²) in [5, 5.41) is 3.30. The normalized spacial score (nSPS) is 12.8. The molecule has 2 aromatic heterocycles. The van der Waals surface area contributed by atoms with Gasteiger partial charge < -0.3 is 10.2 Å². The summed E-state index contributed by atoms with van der Waals surface area (Å²) < 4.78 is 13.5. The van der Waals surface area contributed by atoms with Gasteiger partial charge in [0, 0.05) is 30.7 Å². The molecule has 4 nitrogen and oxygen atoms in total. The predicted molar refractivity (Wildman–Crippen MR) is 93.3 cm³/mol. The number of fused-ring (bicyclic) bond motifs is 1. The minimum absolute atomic E-state index is 0.242. The van der Waals surface area contributed by atoms with Crippen molar-refractivity contribution in [3.8, 4) is 11.1 Å². The van der Waals surface area contributed by atoms with Crippen molar-refractivity contribution < 1.29 is 4.39 Å². The van der Waals surface area contributed by atoms with Crippen molar-refractivity contribution in [2.24, 2.45) is 0 Å². The maximum Gasteiger partial charge on any atom is 0.151 e. The lowest BCUT2D eigenvalue weighted by Crippen LogP contribution is -2.22. The van der Waals surface area contributed by atoms with E-state index in [-0.39, 0.29) is 5.82 Å². The van der Waals surface area contributed by atoms with Gasteiger partial charge in [0.25, 0.3) is 0 Å². The fourth-order valence-corrected chi connectivity index (χ4v) is 2.92. The van der Waals surface area contributed by atoms with Crippen molar-refractivity contribution in [3.63, 3.8) is 0 Å². The Labute approximate surface area is 140 Å². The van der Waals surface area contributed by atoms with E-state index in [0.29, 0.717) is 6.67 Å². The van der Waals surface area contributed by atoms with Crippen LogP contribution >= 0.6 is 0 Å². The van der Waals surface area contributed by atoms with Gasteiger partial charge in [-0.25, -0.2) is 9.37 Å². The van der Waals surface area contributed by atoms with E-state index in [2.05, 4.69) is 33.2 Å². The number of hydrogen-bond acceptors (Lipinski definition) is 4. The summed E-state index contributed by atoms with van der Waals surface area (Å²) >= 11 is 0. The molecule has 0 fully saturated rings. The second-order valence-electron chi connectivity index (χ2n) is 5.94. The molecule has 0 unspecified atom stereocenters. The fourth-order valence-electron chi connectivity index (χ4n) is 2.92. The number of rotatable bonds is 3. The van der Waals surface area contributed by atoms with Gasteiger partial charge in [-0.1, -0.05) is 12.1 Å². The minimum Gasteiger partial charge on any atom is -0.351 e. The molecule has 5 heteroatoms. The smallest absolute Gasteiger partial charge is 0.151 e. The first-order valence-corrected chi connectivity index (χ1v) is 7.85.